The van der Waals surface area contributed by atoms with E-state index in [0.717, 1.165) is 12.8 Å². The third-order valence-electron chi connectivity index (χ3n) is 4.73. The molecule has 0 aromatic carbocycles. The summed E-state index contributed by atoms with van der Waals surface area (Å²) in [4.78, 5) is 32.7. The topological polar surface area (TPSA) is 81.2 Å². The number of aromatic nitrogens is 2. The molecule has 0 aliphatic heterocycles. The van der Waals surface area contributed by atoms with E-state index >= 15 is 0 Å². The van der Waals surface area contributed by atoms with Crippen LogP contribution in [0.25, 0.3) is 0 Å². The molecule has 9 heteroatoms. The molecule has 0 radical (unpaired) electrons. The molecule has 3 rings (SSSR count). The SMILES string of the molecule is CCC(NC(=O)c1ccnc(CC(=O)C2CC2)c1)c1ccc(OCC(F)(F)F)nc1. The maximum atomic E-state index is 12.7. The summed E-state index contributed by atoms with van der Waals surface area (Å²) < 4.78 is 41.3. The van der Waals surface area contributed by atoms with Crippen LogP contribution in [0.3, 0.4) is 0 Å². The van der Waals surface area contributed by atoms with Gasteiger partial charge in [-0.3, -0.25) is 14.6 Å². The number of ketones is 1. The predicted octanol–water partition coefficient (Wildman–Crippen LogP) is 3.82. The van der Waals surface area contributed by atoms with Gasteiger partial charge in [0.2, 0.25) is 5.88 Å². The van der Waals surface area contributed by atoms with Crippen LogP contribution in [0.1, 0.15) is 53.8 Å². The van der Waals surface area contributed by atoms with Crippen molar-refractivity contribution in [2.24, 2.45) is 5.92 Å². The zero-order valence-corrected chi connectivity index (χ0v) is 16.4. The third kappa shape index (κ3) is 6.27. The quantitative estimate of drug-likeness (QED) is 0.666. The summed E-state index contributed by atoms with van der Waals surface area (Å²) in [7, 11) is 0. The molecule has 0 bridgehead atoms. The number of halogens is 3. The molecule has 6 nitrogen and oxygen atoms in total. The van der Waals surface area contributed by atoms with Crippen molar-refractivity contribution in [3.8, 4) is 5.88 Å². The number of nitrogens with one attached hydrogen (secondary N) is 1. The first-order chi connectivity index (χ1) is 14.2. The van der Waals surface area contributed by atoms with Crippen molar-refractivity contribution in [2.45, 2.75) is 44.8 Å². The van der Waals surface area contributed by atoms with Gasteiger partial charge < -0.3 is 10.1 Å². The van der Waals surface area contributed by atoms with E-state index in [1.54, 1.807) is 18.2 Å². The van der Waals surface area contributed by atoms with Crippen molar-refractivity contribution in [3.63, 3.8) is 0 Å². The highest BCUT2D eigenvalue weighted by Gasteiger charge is 2.30. The molecule has 0 spiro atoms. The molecule has 1 saturated carbocycles. The van der Waals surface area contributed by atoms with Gasteiger partial charge in [-0.2, -0.15) is 13.2 Å². The molecule has 1 N–H and O–H groups in total. The van der Waals surface area contributed by atoms with Gasteiger partial charge in [-0.1, -0.05) is 13.0 Å². The molecule has 1 amide bonds. The number of alkyl halides is 3. The fraction of sp³-hybridized carbons (Fsp3) is 0.429. The van der Waals surface area contributed by atoms with Crippen LogP contribution < -0.4 is 10.1 Å². The molecule has 1 unspecified atom stereocenters. The number of rotatable bonds is 9. The smallest absolute Gasteiger partial charge is 0.422 e. The standard InChI is InChI=1S/C21H22F3N3O3/c1-2-17(15-5-6-19(26-11-15)30-12-21(22,23)24)27-20(29)14-7-8-25-16(9-14)10-18(28)13-3-4-13/h5-9,11,13,17H,2-4,10,12H2,1H3,(H,27,29). The second-order valence-electron chi connectivity index (χ2n) is 7.22. The highest BCUT2D eigenvalue weighted by Crippen LogP contribution is 2.30. The maximum Gasteiger partial charge on any atom is 0.422 e. The molecule has 1 aliphatic rings. The maximum absolute atomic E-state index is 12.7. The Labute approximate surface area is 171 Å². The minimum absolute atomic E-state index is 0.129. The molecule has 2 aromatic rings. The molecule has 1 fully saturated rings. The average Bonchev–Trinajstić information content (AvgIpc) is 3.56. The fourth-order valence-electron chi connectivity index (χ4n) is 2.95. The Hall–Kier alpha value is -2.97. The molecule has 160 valence electrons. The van der Waals surface area contributed by atoms with E-state index in [0.29, 0.717) is 23.2 Å². The van der Waals surface area contributed by atoms with Crippen LogP contribution in [-0.2, 0) is 11.2 Å². The minimum atomic E-state index is -4.44. The second-order valence-corrected chi connectivity index (χ2v) is 7.22. The summed E-state index contributed by atoms with van der Waals surface area (Å²) in [5.74, 6) is -0.201. The Kier molecular flexibility index (Phi) is 6.69. The molecule has 1 atom stereocenters. The van der Waals surface area contributed by atoms with Gasteiger partial charge in [-0.25, -0.2) is 4.98 Å². The van der Waals surface area contributed by atoms with Crippen molar-refractivity contribution < 1.29 is 27.5 Å². The summed E-state index contributed by atoms with van der Waals surface area (Å²) in [6, 6.07) is 5.70. The van der Waals surface area contributed by atoms with Crippen LogP contribution in [0.15, 0.2) is 36.7 Å². The summed E-state index contributed by atoms with van der Waals surface area (Å²) in [6.07, 6.45) is 1.05. The van der Waals surface area contributed by atoms with Crippen LogP contribution in [0, 0.1) is 5.92 Å². The molecule has 2 heterocycles. The van der Waals surface area contributed by atoms with Gasteiger partial charge in [0.15, 0.2) is 6.61 Å². The van der Waals surface area contributed by atoms with Gasteiger partial charge in [-0.15, -0.1) is 0 Å². The van der Waals surface area contributed by atoms with Gasteiger partial charge in [0.25, 0.3) is 5.91 Å². The number of nitrogens with zero attached hydrogens (tertiary/aromatic N) is 2. The Morgan fingerprint density at radius 3 is 2.60 bits per heavy atom. The van der Waals surface area contributed by atoms with Crippen molar-refractivity contribution >= 4 is 11.7 Å². The molecular weight excluding hydrogens is 399 g/mol. The lowest BCUT2D eigenvalue weighted by Crippen LogP contribution is -2.28. The summed E-state index contributed by atoms with van der Waals surface area (Å²) in [5, 5.41) is 2.88. The molecule has 1 aliphatic carbocycles. The molecule has 2 aromatic heterocycles. The number of Topliss-reactive ketones (excluding diaryl/α,β-unsaturated/α-hetero) is 1. The molecular formula is C21H22F3N3O3. The lowest BCUT2D eigenvalue weighted by Gasteiger charge is -2.18. The van der Waals surface area contributed by atoms with Crippen molar-refractivity contribution in [2.75, 3.05) is 6.61 Å². The molecule has 30 heavy (non-hydrogen) atoms. The zero-order valence-electron chi connectivity index (χ0n) is 16.4. The monoisotopic (exact) mass is 421 g/mol. The van der Waals surface area contributed by atoms with E-state index < -0.39 is 12.8 Å². The van der Waals surface area contributed by atoms with E-state index in [4.69, 9.17) is 0 Å². The third-order valence-corrected chi connectivity index (χ3v) is 4.73. The van der Waals surface area contributed by atoms with E-state index in [1.807, 2.05) is 6.92 Å². The highest BCUT2D eigenvalue weighted by molar-refractivity contribution is 5.94. The number of hydrogen-bond acceptors (Lipinski definition) is 5. The van der Waals surface area contributed by atoms with Gasteiger partial charge in [0, 0.05) is 42.1 Å². The first kappa shape index (κ1) is 21.7. The normalized spacial score (nSPS) is 14.8. The van der Waals surface area contributed by atoms with Crippen LogP contribution in [0.4, 0.5) is 13.2 Å². The van der Waals surface area contributed by atoms with E-state index in [-0.39, 0.29) is 36.0 Å². The highest BCUT2D eigenvalue weighted by atomic mass is 19.4. The van der Waals surface area contributed by atoms with Gasteiger partial charge in [0.05, 0.1) is 6.04 Å². The fourth-order valence-corrected chi connectivity index (χ4v) is 2.95. The summed E-state index contributed by atoms with van der Waals surface area (Å²) >= 11 is 0. The van der Waals surface area contributed by atoms with Crippen LogP contribution in [-0.4, -0.2) is 34.4 Å². The number of carbonyl (C=O) groups excluding carboxylic acids is 2. The minimum Gasteiger partial charge on any atom is -0.468 e. The van der Waals surface area contributed by atoms with Gasteiger partial charge in [-0.05, 0) is 37.0 Å². The second kappa shape index (κ2) is 9.23. The van der Waals surface area contributed by atoms with E-state index in [9.17, 15) is 22.8 Å². The van der Waals surface area contributed by atoms with Crippen molar-refractivity contribution in [1.82, 2.24) is 15.3 Å². The van der Waals surface area contributed by atoms with Crippen LogP contribution >= 0.6 is 0 Å². The number of hydrogen-bond donors (Lipinski definition) is 1. The number of ether oxygens (including phenoxy) is 1. The van der Waals surface area contributed by atoms with Crippen LogP contribution in [0.2, 0.25) is 0 Å². The first-order valence-corrected chi connectivity index (χ1v) is 9.69. The largest absolute Gasteiger partial charge is 0.468 e. The number of pyridine rings is 2. The lowest BCUT2D eigenvalue weighted by molar-refractivity contribution is -0.154. The first-order valence-electron chi connectivity index (χ1n) is 9.69. The van der Waals surface area contributed by atoms with Crippen LogP contribution in [0.5, 0.6) is 5.88 Å². The van der Waals surface area contributed by atoms with Crippen molar-refractivity contribution in [3.05, 3.63) is 53.5 Å². The summed E-state index contributed by atoms with van der Waals surface area (Å²) in [6.45, 7) is 0.451. The zero-order chi connectivity index (χ0) is 21.7. The predicted molar refractivity (Wildman–Crippen MR) is 102 cm³/mol. The lowest BCUT2D eigenvalue weighted by atomic mass is 10.1. The summed E-state index contributed by atoms with van der Waals surface area (Å²) in [5.41, 5.74) is 1.59. The van der Waals surface area contributed by atoms with Gasteiger partial charge >= 0.3 is 6.18 Å². The van der Waals surface area contributed by atoms with E-state index in [2.05, 4.69) is 20.0 Å². The number of carbonyl (C=O) groups is 2. The van der Waals surface area contributed by atoms with Crippen molar-refractivity contribution in [1.29, 1.82) is 0 Å². The van der Waals surface area contributed by atoms with E-state index in [1.165, 1.54) is 18.5 Å². The Bertz CT molecular complexity index is 896. The number of amides is 1. The Balaban J connectivity index is 1.62. The van der Waals surface area contributed by atoms with Gasteiger partial charge in [0.1, 0.15) is 5.78 Å². The Morgan fingerprint density at radius 1 is 1.23 bits per heavy atom. The average molecular weight is 421 g/mol. The molecule has 0 saturated heterocycles. The Morgan fingerprint density at radius 2 is 2.00 bits per heavy atom.